The highest BCUT2D eigenvalue weighted by Crippen LogP contribution is 2.49. The van der Waals surface area contributed by atoms with Gasteiger partial charge < -0.3 is 5.32 Å². The highest BCUT2D eigenvalue weighted by molar-refractivity contribution is 5.01. The SMILES string of the molecule is CCC1(C)CNC(C(C)(C)C)CN1CC1CC2CCC1C2. The van der Waals surface area contributed by atoms with E-state index in [0.717, 1.165) is 24.3 Å². The molecule has 5 unspecified atom stereocenters. The largest absolute Gasteiger partial charge is 0.310 e. The van der Waals surface area contributed by atoms with Crippen molar-refractivity contribution in [1.82, 2.24) is 10.2 Å². The Labute approximate surface area is 132 Å². The molecule has 1 saturated heterocycles. The molecule has 3 rings (SSSR count). The van der Waals surface area contributed by atoms with Crippen molar-refractivity contribution in [3.8, 4) is 0 Å². The number of nitrogens with zero attached hydrogens (tertiary/aromatic N) is 1. The number of rotatable bonds is 3. The van der Waals surface area contributed by atoms with Crippen molar-refractivity contribution in [1.29, 1.82) is 0 Å². The molecule has 2 heteroatoms. The molecular weight excluding hydrogens is 256 g/mol. The van der Waals surface area contributed by atoms with Crippen molar-refractivity contribution in [3.63, 3.8) is 0 Å². The second-order valence-corrected chi connectivity index (χ2v) is 9.49. The Morgan fingerprint density at radius 3 is 2.48 bits per heavy atom. The molecular formula is C19H36N2. The predicted octanol–water partition coefficient (Wildman–Crippen LogP) is 3.91. The second-order valence-electron chi connectivity index (χ2n) is 9.49. The zero-order valence-electron chi connectivity index (χ0n) is 14.9. The first-order valence-corrected chi connectivity index (χ1v) is 9.30. The van der Waals surface area contributed by atoms with Crippen LogP contribution in [-0.2, 0) is 0 Å². The van der Waals surface area contributed by atoms with Gasteiger partial charge in [-0.05, 0) is 55.8 Å². The maximum Gasteiger partial charge on any atom is 0.0304 e. The summed E-state index contributed by atoms with van der Waals surface area (Å²) in [4.78, 5) is 2.87. The van der Waals surface area contributed by atoms with Crippen molar-refractivity contribution in [2.45, 2.75) is 78.3 Å². The molecule has 2 bridgehead atoms. The standard InChI is InChI=1S/C19H36N2/c1-6-19(5)13-20-17(18(2,3)4)12-21(19)11-16-10-14-7-8-15(16)9-14/h14-17,20H,6-13H2,1-5H3. The fraction of sp³-hybridized carbons (Fsp3) is 1.00. The fourth-order valence-electron chi connectivity index (χ4n) is 5.07. The van der Waals surface area contributed by atoms with Gasteiger partial charge in [-0.15, -0.1) is 0 Å². The normalized spacial score (nSPS) is 44.4. The van der Waals surface area contributed by atoms with Crippen molar-refractivity contribution in [2.75, 3.05) is 19.6 Å². The van der Waals surface area contributed by atoms with E-state index in [-0.39, 0.29) is 0 Å². The Morgan fingerprint density at radius 1 is 1.19 bits per heavy atom. The zero-order chi connectivity index (χ0) is 15.3. The van der Waals surface area contributed by atoms with Crippen molar-refractivity contribution in [3.05, 3.63) is 0 Å². The lowest BCUT2D eigenvalue weighted by Gasteiger charge is -2.52. The van der Waals surface area contributed by atoms with Gasteiger partial charge in [0.05, 0.1) is 0 Å². The number of piperazine rings is 1. The molecule has 2 saturated carbocycles. The van der Waals surface area contributed by atoms with Gasteiger partial charge in [0, 0.05) is 31.2 Å². The summed E-state index contributed by atoms with van der Waals surface area (Å²) in [6, 6.07) is 0.635. The highest BCUT2D eigenvalue weighted by atomic mass is 15.3. The Bertz CT molecular complexity index is 372. The molecule has 2 nitrogen and oxygen atoms in total. The summed E-state index contributed by atoms with van der Waals surface area (Å²) >= 11 is 0. The van der Waals surface area contributed by atoms with Crippen LogP contribution in [0.25, 0.3) is 0 Å². The summed E-state index contributed by atoms with van der Waals surface area (Å²) in [5, 5.41) is 3.85. The van der Waals surface area contributed by atoms with Crippen LogP contribution in [0.4, 0.5) is 0 Å². The molecule has 2 aliphatic carbocycles. The van der Waals surface area contributed by atoms with Crippen LogP contribution in [0.3, 0.4) is 0 Å². The van der Waals surface area contributed by atoms with Crippen LogP contribution in [0, 0.1) is 23.2 Å². The summed E-state index contributed by atoms with van der Waals surface area (Å²) in [5.74, 6) is 3.13. The summed E-state index contributed by atoms with van der Waals surface area (Å²) in [5.41, 5.74) is 0.728. The molecule has 0 aromatic carbocycles. The van der Waals surface area contributed by atoms with Gasteiger partial charge >= 0.3 is 0 Å². The van der Waals surface area contributed by atoms with Gasteiger partial charge in [-0.1, -0.05) is 34.1 Å². The van der Waals surface area contributed by atoms with Crippen molar-refractivity contribution >= 4 is 0 Å². The summed E-state index contributed by atoms with van der Waals surface area (Å²) in [7, 11) is 0. The topological polar surface area (TPSA) is 15.3 Å². The average Bonchev–Trinajstić information content (AvgIpc) is 3.02. The van der Waals surface area contributed by atoms with Crippen LogP contribution in [0.2, 0.25) is 0 Å². The molecule has 5 atom stereocenters. The molecule has 1 aliphatic heterocycles. The summed E-state index contributed by atoms with van der Waals surface area (Å²) in [6.45, 7) is 15.8. The van der Waals surface area contributed by atoms with E-state index in [2.05, 4.69) is 44.8 Å². The monoisotopic (exact) mass is 292 g/mol. The minimum atomic E-state index is 0.363. The molecule has 0 aromatic rings. The molecule has 0 spiro atoms. The third kappa shape index (κ3) is 3.03. The van der Waals surface area contributed by atoms with Crippen LogP contribution < -0.4 is 5.32 Å². The van der Waals surface area contributed by atoms with Gasteiger partial charge in [0.2, 0.25) is 0 Å². The van der Waals surface area contributed by atoms with Crippen LogP contribution >= 0.6 is 0 Å². The van der Waals surface area contributed by atoms with E-state index < -0.39 is 0 Å². The molecule has 0 aromatic heterocycles. The fourth-order valence-corrected chi connectivity index (χ4v) is 5.07. The van der Waals surface area contributed by atoms with Crippen molar-refractivity contribution < 1.29 is 0 Å². The second kappa shape index (κ2) is 5.53. The number of hydrogen-bond acceptors (Lipinski definition) is 2. The minimum Gasteiger partial charge on any atom is -0.310 e. The number of hydrogen-bond donors (Lipinski definition) is 1. The molecule has 3 aliphatic rings. The van der Waals surface area contributed by atoms with Gasteiger partial charge in [0.1, 0.15) is 0 Å². The molecule has 3 fully saturated rings. The predicted molar refractivity (Wildman–Crippen MR) is 90.5 cm³/mol. The van der Waals surface area contributed by atoms with E-state index in [1.54, 1.807) is 6.42 Å². The lowest BCUT2D eigenvalue weighted by molar-refractivity contribution is 0.00451. The Morgan fingerprint density at radius 2 is 1.95 bits per heavy atom. The lowest BCUT2D eigenvalue weighted by atomic mass is 9.80. The molecule has 21 heavy (non-hydrogen) atoms. The smallest absolute Gasteiger partial charge is 0.0304 e. The molecule has 0 radical (unpaired) electrons. The molecule has 1 N–H and O–H groups in total. The van der Waals surface area contributed by atoms with E-state index in [9.17, 15) is 0 Å². The van der Waals surface area contributed by atoms with E-state index in [0.29, 0.717) is 17.0 Å². The average molecular weight is 293 g/mol. The Kier molecular flexibility index (Phi) is 4.16. The van der Waals surface area contributed by atoms with Crippen LogP contribution in [0.1, 0.15) is 66.7 Å². The minimum absolute atomic E-state index is 0.363. The van der Waals surface area contributed by atoms with Crippen LogP contribution in [0.5, 0.6) is 0 Å². The third-order valence-electron chi connectivity index (χ3n) is 7.04. The number of fused-ring (bicyclic) bond motifs is 2. The molecule has 0 amide bonds. The Balaban J connectivity index is 1.69. The molecule has 1 heterocycles. The van der Waals surface area contributed by atoms with Crippen LogP contribution in [0.15, 0.2) is 0 Å². The Hall–Kier alpha value is -0.0800. The van der Waals surface area contributed by atoms with E-state index in [1.807, 2.05) is 0 Å². The first-order chi connectivity index (χ1) is 9.82. The summed E-state index contributed by atoms with van der Waals surface area (Å²) in [6.07, 6.45) is 7.37. The van der Waals surface area contributed by atoms with E-state index >= 15 is 0 Å². The van der Waals surface area contributed by atoms with E-state index in [4.69, 9.17) is 0 Å². The maximum absolute atomic E-state index is 3.85. The lowest BCUT2D eigenvalue weighted by Crippen LogP contribution is -2.66. The van der Waals surface area contributed by atoms with Gasteiger partial charge in [0.25, 0.3) is 0 Å². The van der Waals surface area contributed by atoms with Crippen molar-refractivity contribution in [2.24, 2.45) is 23.2 Å². The van der Waals surface area contributed by atoms with Gasteiger partial charge in [-0.3, -0.25) is 4.90 Å². The van der Waals surface area contributed by atoms with Gasteiger partial charge in [-0.25, -0.2) is 0 Å². The van der Waals surface area contributed by atoms with Crippen LogP contribution in [-0.4, -0.2) is 36.1 Å². The summed E-state index contributed by atoms with van der Waals surface area (Å²) < 4.78 is 0. The zero-order valence-corrected chi connectivity index (χ0v) is 14.9. The first kappa shape index (κ1) is 15.8. The number of nitrogens with one attached hydrogen (secondary N) is 1. The first-order valence-electron chi connectivity index (χ1n) is 9.30. The highest BCUT2D eigenvalue weighted by Gasteiger charge is 2.45. The maximum atomic E-state index is 3.85. The van der Waals surface area contributed by atoms with Gasteiger partial charge in [-0.2, -0.15) is 0 Å². The third-order valence-corrected chi connectivity index (χ3v) is 7.04. The van der Waals surface area contributed by atoms with Gasteiger partial charge in [0.15, 0.2) is 0 Å². The molecule has 122 valence electrons. The quantitative estimate of drug-likeness (QED) is 0.848. The van der Waals surface area contributed by atoms with E-state index in [1.165, 1.54) is 38.8 Å².